The van der Waals surface area contributed by atoms with Gasteiger partial charge in [0.2, 0.25) is 0 Å². The van der Waals surface area contributed by atoms with E-state index in [2.05, 4.69) is 24.9 Å². The standard InChI is InChI=1S/C11H15ClN2/c1-11(2)8(6-13)9(11)7-4-3-5-14-10(7)12/h3-5,8-9H,6,13H2,1-2H3/t8-,9-/m1/s1. The van der Waals surface area contributed by atoms with Crippen molar-refractivity contribution in [1.29, 1.82) is 0 Å². The molecule has 1 fully saturated rings. The van der Waals surface area contributed by atoms with Crippen molar-refractivity contribution in [1.82, 2.24) is 4.98 Å². The first kappa shape index (κ1) is 9.94. The summed E-state index contributed by atoms with van der Waals surface area (Å²) < 4.78 is 0. The topological polar surface area (TPSA) is 38.9 Å². The maximum Gasteiger partial charge on any atom is 0.132 e. The van der Waals surface area contributed by atoms with Gasteiger partial charge in [-0.1, -0.05) is 31.5 Å². The van der Waals surface area contributed by atoms with Gasteiger partial charge >= 0.3 is 0 Å². The highest BCUT2D eigenvalue weighted by Crippen LogP contribution is 2.64. The van der Waals surface area contributed by atoms with Crippen molar-refractivity contribution in [3.63, 3.8) is 0 Å². The van der Waals surface area contributed by atoms with Gasteiger partial charge in [-0.15, -0.1) is 0 Å². The average molecular weight is 211 g/mol. The number of nitrogens with zero attached hydrogens (tertiary/aromatic N) is 1. The molecule has 1 aromatic rings. The molecule has 1 saturated carbocycles. The molecular weight excluding hydrogens is 196 g/mol. The van der Waals surface area contributed by atoms with E-state index < -0.39 is 0 Å². The third kappa shape index (κ3) is 1.33. The van der Waals surface area contributed by atoms with Gasteiger partial charge in [0.25, 0.3) is 0 Å². The molecule has 0 saturated heterocycles. The van der Waals surface area contributed by atoms with Crippen LogP contribution in [0.3, 0.4) is 0 Å². The molecule has 0 bridgehead atoms. The minimum Gasteiger partial charge on any atom is -0.330 e. The van der Waals surface area contributed by atoms with E-state index in [0.717, 1.165) is 12.1 Å². The summed E-state index contributed by atoms with van der Waals surface area (Å²) in [7, 11) is 0. The second-order valence-electron chi connectivity index (χ2n) is 4.52. The van der Waals surface area contributed by atoms with Gasteiger partial charge in [0.15, 0.2) is 0 Å². The van der Waals surface area contributed by atoms with Gasteiger partial charge in [0, 0.05) is 6.20 Å². The predicted molar refractivity (Wildman–Crippen MR) is 58.3 cm³/mol. The Balaban J connectivity index is 2.31. The molecule has 76 valence electrons. The lowest BCUT2D eigenvalue weighted by Crippen LogP contribution is -2.05. The number of hydrogen-bond donors (Lipinski definition) is 1. The molecular formula is C11H15ClN2. The van der Waals surface area contributed by atoms with Gasteiger partial charge in [-0.25, -0.2) is 4.98 Å². The maximum atomic E-state index is 6.06. The quantitative estimate of drug-likeness (QED) is 0.762. The molecule has 0 aliphatic heterocycles. The molecule has 14 heavy (non-hydrogen) atoms. The van der Waals surface area contributed by atoms with Crippen LogP contribution in [-0.2, 0) is 0 Å². The molecule has 2 atom stereocenters. The molecule has 0 unspecified atom stereocenters. The first-order valence-corrected chi connectivity index (χ1v) is 5.27. The van der Waals surface area contributed by atoms with E-state index in [1.807, 2.05) is 6.07 Å². The van der Waals surface area contributed by atoms with Gasteiger partial charge in [0.1, 0.15) is 5.15 Å². The van der Waals surface area contributed by atoms with E-state index in [1.54, 1.807) is 6.20 Å². The van der Waals surface area contributed by atoms with Crippen LogP contribution in [0.4, 0.5) is 0 Å². The van der Waals surface area contributed by atoms with Crippen molar-refractivity contribution >= 4 is 11.6 Å². The SMILES string of the molecule is CC1(C)[C@H](CN)[C@H]1c1cccnc1Cl. The molecule has 0 spiro atoms. The van der Waals surface area contributed by atoms with Crippen LogP contribution in [0.25, 0.3) is 0 Å². The van der Waals surface area contributed by atoms with Crippen LogP contribution in [0.2, 0.25) is 5.15 Å². The van der Waals surface area contributed by atoms with Crippen LogP contribution in [0.15, 0.2) is 18.3 Å². The first-order valence-electron chi connectivity index (χ1n) is 4.89. The fourth-order valence-electron chi connectivity index (χ4n) is 2.43. The first-order chi connectivity index (χ1) is 6.59. The molecule has 0 radical (unpaired) electrons. The third-order valence-corrected chi connectivity index (χ3v) is 3.74. The Morgan fingerprint density at radius 3 is 2.79 bits per heavy atom. The van der Waals surface area contributed by atoms with Gasteiger partial charge in [0.05, 0.1) is 0 Å². The van der Waals surface area contributed by atoms with E-state index in [4.69, 9.17) is 17.3 Å². The average Bonchev–Trinajstić information content (AvgIpc) is 2.69. The molecule has 1 aliphatic carbocycles. The van der Waals surface area contributed by atoms with E-state index in [-0.39, 0.29) is 5.41 Å². The van der Waals surface area contributed by atoms with Crippen molar-refractivity contribution in [2.45, 2.75) is 19.8 Å². The Morgan fingerprint density at radius 2 is 2.29 bits per heavy atom. The van der Waals surface area contributed by atoms with Crippen LogP contribution < -0.4 is 5.73 Å². The van der Waals surface area contributed by atoms with Gasteiger partial charge in [-0.05, 0) is 35.4 Å². The van der Waals surface area contributed by atoms with Crippen molar-refractivity contribution < 1.29 is 0 Å². The van der Waals surface area contributed by atoms with Crippen LogP contribution in [0, 0.1) is 11.3 Å². The lowest BCUT2D eigenvalue weighted by Gasteiger charge is -2.03. The summed E-state index contributed by atoms with van der Waals surface area (Å²) >= 11 is 6.06. The summed E-state index contributed by atoms with van der Waals surface area (Å²) in [5.74, 6) is 1.03. The molecule has 2 nitrogen and oxygen atoms in total. The number of nitrogens with two attached hydrogens (primary N) is 1. The van der Waals surface area contributed by atoms with E-state index in [9.17, 15) is 0 Å². The summed E-state index contributed by atoms with van der Waals surface area (Å²) in [6, 6.07) is 3.99. The summed E-state index contributed by atoms with van der Waals surface area (Å²) in [6.07, 6.45) is 1.72. The number of halogens is 1. The highest BCUT2D eigenvalue weighted by Gasteiger charge is 2.57. The molecule has 0 aromatic carbocycles. The van der Waals surface area contributed by atoms with E-state index >= 15 is 0 Å². The summed E-state index contributed by atoms with van der Waals surface area (Å²) in [4.78, 5) is 4.10. The number of hydrogen-bond acceptors (Lipinski definition) is 2. The normalized spacial score (nSPS) is 28.9. The minimum atomic E-state index is 0.279. The Bertz CT molecular complexity index is 349. The highest BCUT2D eigenvalue weighted by atomic mass is 35.5. The second kappa shape index (κ2) is 3.21. The lowest BCUT2D eigenvalue weighted by atomic mass is 10.1. The van der Waals surface area contributed by atoms with Crippen molar-refractivity contribution in [2.75, 3.05) is 6.54 Å². The molecule has 0 amide bonds. The number of rotatable bonds is 2. The summed E-state index contributed by atoms with van der Waals surface area (Å²) in [5, 5.41) is 0.626. The van der Waals surface area contributed by atoms with Crippen molar-refractivity contribution in [3.05, 3.63) is 29.0 Å². The zero-order valence-corrected chi connectivity index (χ0v) is 9.25. The Morgan fingerprint density at radius 1 is 1.57 bits per heavy atom. The van der Waals surface area contributed by atoms with Crippen LogP contribution in [-0.4, -0.2) is 11.5 Å². The smallest absolute Gasteiger partial charge is 0.132 e. The van der Waals surface area contributed by atoms with Crippen LogP contribution >= 0.6 is 11.6 Å². The molecule has 2 N–H and O–H groups in total. The number of pyridine rings is 1. The minimum absolute atomic E-state index is 0.279. The summed E-state index contributed by atoms with van der Waals surface area (Å²) in [5.41, 5.74) is 7.15. The van der Waals surface area contributed by atoms with Crippen molar-refractivity contribution in [2.24, 2.45) is 17.1 Å². The van der Waals surface area contributed by atoms with Crippen LogP contribution in [0.1, 0.15) is 25.3 Å². The molecule has 2 rings (SSSR count). The Labute approximate surface area is 89.5 Å². The largest absolute Gasteiger partial charge is 0.330 e. The lowest BCUT2D eigenvalue weighted by molar-refractivity contribution is 0.558. The molecule has 1 aliphatic rings. The Kier molecular flexibility index (Phi) is 2.28. The van der Waals surface area contributed by atoms with E-state index in [0.29, 0.717) is 17.0 Å². The third-order valence-electron chi connectivity index (χ3n) is 3.43. The Hall–Kier alpha value is -0.600. The zero-order chi connectivity index (χ0) is 10.3. The fourth-order valence-corrected chi connectivity index (χ4v) is 2.67. The zero-order valence-electron chi connectivity index (χ0n) is 8.50. The van der Waals surface area contributed by atoms with Crippen LogP contribution in [0.5, 0.6) is 0 Å². The van der Waals surface area contributed by atoms with Crippen molar-refractivity contribution in [3.8, 4) is 0 Å². The highest BCUT2D eigenvalue weighted by molar-refractivity contribution is 6.30. The maximum absolute atomic E-state index is 6.06. The molecule has 1 aromatic heterocycles. The second-order valence-corrected chi connectivity index (χ2v) is 4.88. The molecule has 1 heterocycles. The van der Waals surface area contributed by atoms with E-state index in [1.165, 1.54) is 0 Å². The molecule has 3 heteroatoms. The van der Waals surface area contributed by atoms with Gasteiger partial charge in [-0.3, -0.25) is 0 Å². The van der Waals surface area contributed by atoms with Gasteiger partial charge in [-0.2, -0.15) is 0 Å². The monoisotopic (exact) mass is 210 g/mol. The van der Waals surface area contributed by atoms with Gasteiger partial charge < -0.3 is 5.73 Å². The number of aromatic nitrogens is 1. The fraction of sp³-hybridized carbons (Fsp3) is 0.545. The predicted octanol–water partition coefficient (Wildman–Crippen LogP) is 2.43. The summed E-state index contributed by atoms with van der Waals surface area (Å²) in [6.45, 7) is 5.19.